The number of aryl methyl sites for hydroxylation is 2. The molecule has 2 amide bonds. The molecule has 1 saturated heterocycles. The number of carbonyl (C=O) groups excluding carboxylic acids is 3. The fourth-order valence-corrected chi connectivity index (χ4v) is 5.53. The number of nitrogens with zero attached hydrogens (tertiary/aromatic N) is 3. The molecule has 36 heavy (non-hydrogen) atoms. The van der Waals surface area contributed by atoms with E-state index in [2.05, 4.69) is 11.8 Å². The third-order valence-electron chi connectivity index (χ3n) is 7.32. The van der Waals surface area contributed by atoms with Crippen molar-refractivity contribution in [2.75, 3.05) is 13.1 Å². The average molecular weight is 513 g/mol. The van der Waals surface area contributed by atoms with Gasteiger partial charge in [0, 0.05) is 49.8 Å². The van der Waals surface area contributed by atoms with Crippen LogP contribution < -0.4 is 5.73 Å². The SMILES string of the molecule is Cc1c(C(=O)N2C[C@H](C)N(Cc3ccc(F)cc3)C[C@H]2C)c(Cl)cc2c1c(C(=O)C(N)=O)c(C)n2C. The summed E-state index contributed by atoms with van der Waals surface area (Å²) in [5.74, 6) is -2.33. The van der Waals surface area contributed by atoms with Crippen LogP contribution in [0.25, 0.3) is 10.9 Å². The van der Waals surface area contributed by atoms with E-state index in [0.29, 0.717) is 47.4 Å². The third kappa shape index (κ3) is 4.40. The Bertz CT molecular complexity index is 1380. The molecule has 0 saturated carbocycles. The molecule has 4 rings (SSSR count). The van der Waals surface area contributed by atoms with Crippen LogP contribution in [0.2, 0.25) is 5.02 Å². The molecule has 0 unspecified atom stereocenters. The molecule has 1 fully saturated rings. The Labute approximate surface area is 214 Å². The van der Waals surface area contributed by atoms with Crippen LogP contribution in [0, 0.1) is 19.7 Å². The van der Waals surface area contributed by atoms with Crippen molar-refractivity contribution in [3.63, 3.8) is 0 Å². The lowest BCUT2D eigenvalue weighted by atomic mass is 9.96. The smallest absolute Gasteiger partial charge is 0.289 e. The van der Waals surface area contributed by atoms with Crippen LogP contribution in [-0.4, -0.2) is 57.1 Å². The van der Waals surface area contributed by atoms with Crippen LogP contribution in [-0.2, 0) is 18.4 Å². The lowest BCUT2D eigenvalue weighted by molar-refractivity contribution is -0.114. The van der Waals surface area contributed by atoms with Gasteiger partial charge in [-0.25, -0.2) is 4.39 Å². The van der Waals surface area contributed by atoms with E-state index in [1.165, 1.54) is 12.1 Å². The number of ketones is 1. The molecule has 0 aliphatic carbocycles. The zero-order chi connectivity index (χ0) is 26.5. The molecule has 2 aromatic carbocycles. The van der Waals surface area contributed by atoms with E-state index in [0.717, 1.165) is 5.56 Å². The monoisotopic (exact) mass is 512 g/mol. The van der Waals surface area contributed by atoms with E-state index in [4.69, 9.17) is 17.3 Å². The van der Waals surface area contributed by atoms with Crippen molar-refractivity contribution in [3.05, 3.63) is 69.1 Å². The van der Waals surface area contributed by atoms with Gasteiger partial charge in [-0.3, -0.25) is 19.3 Å². The Morgan fingerprint density at radius 2 is 1.69 bits per heavy atom. The largest absolute Gasteiger partial charge is 0.363 e. The molecular weight excluding hydrogens is 483 g/mol. The second kappa shape index (κ2) is 9.67. The molecular formula is C27H30ClFN4O3. The van der Waals surface area contributed by atoms with Gasteiger partial charge < -0.3 is 15.2 Å². The van der Waals surface area contributed by atoms with Gasteiger partial charge in [-0.2, -0.15) is 0 Å². The molecule has 0 spiro atoms. The number of hydrogen-bond acceptors (Lipinski definition) is 4. The molecule has 0 bridgehead atoms. The summed E-state index contributed by atoms with van der Waals surface area (Å²) in [6, 6.07) is 8.07. The first kappa shape index (κ1) is 25.9. The van der Waals surface area contributed by atoms with E-state index in [9.17, 15) is 18.8 Å². The van der Waals surface area contributed by atoms with Crippen LogP contribution in [0.15, 0.2) is 30.3 Å². The lowest BCUT2D eigenvalue weighted by Crippen LogP contribution is -2.57. The van der Waals surface area contributed by atoms with Crippen LogP contribution >= 0.6 is 11.6 Å². The molecule has 1 aliphatic rings. The summed E-state index contributed by atoms with van der Waals surface area (Å²) in [6.07, 6.45) is 0. The first-order valence-corrected chi connectivity index (χ1v) is 12.2. The highest BCUT2D eigenvalue weighted by molar-refractivity contribution is 6.45. The second-order valence-electron chi connectivity index (χ2n) is 9.68. The number of hydrogen-bond donors (Lipinski definition) is 1. The summed E-state index contributed by atoms with van der Waals surface area (Å²) in [5.41, 5.74) is 8.62. The average Bonchev–Trinajstić information content (AvgIpc) is 3.07. The Balaban J connectivity index is 1.68. The van der Waals surface area contributed by atoms with Gasteiger partial charge in [-0.05, 0) is 57.0 Å². The van der Waals surface area contributed by atoms with E-state index >= 15 is 0 Å². The molecule has 9 heteroatoms. The van der Waals surface area contributed by atoms with Gasteiger partial charge in [0.15, 0.2) is 0 Å². The van der Waals surface area contributed by atoms with Crippen molar-refractivity contribution in [2.24, 2.45) is 12.8 Å². The van der Waals surface area contributed by atoms with Crippen LogP contribution in [0.3, 0.4) is 0 Å². The van der Waals surface area contributed by atoms with Crippen LogP contribution in [0.1, 0.15) is 51.4 Å². The number of rotatable bonds is 5. The van der Waals surface area contributed by atoms with Gasteiger partial charge in [-0.15, -0.1) is 0 Å². The number of piperazine rings is 1. The molecule has 190 valence electrons. The van der Waals surface area contributed by atoms with Gasteiger partial charge in [0.05, 0.1) is 21.7 Å². The maximum absolute atomic E-state index is 13.8. The van der Waals surface area contributed by atoms with Crippen molar-refractivity contribution >= 4 is 40.1 Å². The maximum Gasteiger partial charge on any atom is 0.289 e. The molecule has 2 heterocycles. The van der Waals surface area contributed by atoms with E-state index < -0.39 is 11.7 Å². The predicted octanol–water partition coefficient (Wildman–Crippen LogP) is 3.99. The van der Waals surface area contributed by atoms with Crippen molar-refractivity contribution in [3.8, 4) is 0 Å². The molecule has 2 N–H and O–H groups in total. The van der Waals surface area contributed by atoms with Crippen LogP contribution in [0.5, 0.6) is 0 Å². The summed E-state index contributed by atoms with van der Waals surface area (Å²) in [7, 11) is 1.77. The number of amides is 2. The number of aromatic nitrogens is 1. The standard InChI is InChI=1S/C27H30ClFN4O3/c1-14-12-33(15(2)11-32(14)13-18-6-8-19(29)9-7-18)27(36)22-16(3)23-21(10-20(22)28)31(5)17(4)24(23)25(34)26(30)35/h6-10,14-15H,11-13H2,1-5H3,(H2,30,35)/t14-,15+/m0/s1. The van der Waals surface area contributed by atoms with Gasteiger partial charge in [-0.1, -0.05) is 23.7 Å². The Morgan fingerprint density at radius 3 is 2.31 bits per heavy atom. The molecule has 2 atom stereocenters. The third-order valence-corrected chi connectivity index (χ3v) is 7.62. The number of benzene rings is 2. The number of halogens is 2. The summed E-state index contributed by atoms with van der Waals surface area (Å²) in [5, 5.41) is 0.805. The van der Waals surface area contributed by atoms with Gasteiger partial charge >= 0.3 is 0 Å². The van der Waals surface area contributed by atoms with Gasteiger partial charge in [0.2, 0.25) is 0 Å². The molecule has 0 radical (unpaired) electrons. The second-order valence-corrected chi connectivity index (χ2v) is 10.1. The van der Waals surface area contributed by atoms with Crippen LogP contribution in [0.4, 0.5) is 4.39 Å². The summed E-state index contributed by atoms with van der Waals surface area (Å²) >= 11 is 6.65. The Morgan fingerprint density at radius 1 is 1.06 bits per heavy atom. The highest BCUT2D eigenvalue weighted by Crippen LogP contribution is 2.36. The van der Waals surface area contributed by atoms with Crippen molar-refractivity contribution < 1.29 is 18.8 Å². The normalized spacial score (nSPS) is 18.6. The highest BCUT2D eigenvalue weighted by atomic mass is 35.5. The summed E-state index contributed by atoms with van der Waals surface area (Å²) < 4.78 is 15.1. The van der Waals surface area contributed by atoms with Crippen molar-refractivity contribution in [2.45, 2.75) is 46.3 Å². The number of fused-ring (bicyclic) bond motifs is 1. The quantitative estimate of drug-likeness (QED) is 0.413. The minimum absolute atomic E-state index is 0.0592. The Kier molecular flexibility index (Phi) is 6.94. The van der Waals surface area contributed by atoms with Gasteiger partial charge in [0.1, 0.15) is 5.82 Å². The predicted molar refractivity (Wildman–Crippen MR) is 138 cm³/mol. The molecule has 1 aliphatic heterocycles. The minimum atomic E-state index is -1.05. The number of carbonyl (C=O) groups is 3. The van der Waals surface area contributed by atoms with E-state index in [1.54, 1.807) is 48.6 Å². The lowest BCUT2D eigenvalue weighted by Gasteiger charge is -2.44. The maximum atomic E-state index is 13.8. The minimum Gasteiger partial charge on any atom is -0.363 e. The zero-order valence-electron chi connectivity index (χ0n) is 21.1. The zero-order valence-corrected chi connectivity index (χ0v) is 21.8. The fraction of sp³-hybridized carbons (Fsp3) is 0.370. The van der Waals surface area contributed by atoms with Gasteiger partial charge in [0.25, 0.3) is 17.6 Å². The van der Waals surface area contributed by atoms with E-state index in [-0.39, 0.29) is 34.4 Å². The first-order valence-electron chi connectivity index (χ1n) is 11.8. The number of nitrogens with two attached hydrogens (primary N) is 1. The van der Waals surface area contributed by atoms with Crippen molar-refractivity contribution in [1.29, 1.82) is 0 Å². The van der Waals surface area contributed by atoms with Crippen molar-refractivity contribution in [1.82, 2.24) is 14.4 Å². The number of primary amides is 1. The molecule has 1 aromatic heterocycles. The fourth-order valence-electron chi connectivity index (χ4n) is 5.20. The number of Topliss-reactive ketones (excluding diaryl/α,β-unsaturated/α-hetero) is 1. The summed E-state index contributed by atoms with van der Waals surface area (Å²) in [4.78, 5) is 42.3. The Hall–Kier alpha value is -3.23. The summed E-state index contributed by atoms with van der Waals surface area (Å²) in [6.45, 7) is 9.29. The highest BCUT2D eigenvalue weighted by Gasteiger charge is 2.35. The molecule has 3 aromatic rings. The van der Waals surface area contributed by atoms with E-state index in [1.807, 2.05) is 6.92 Å². The molecule has 7 nitrogen and oxygen atoms in total. The topological polar surface area (TPSA) is 88.6 Å². The first-order chi connectivity index (χ1) is 16.9.